The summed E-state index contributed by atoms with van der Waals surface area (Å²) in [4.78, 5) is 15.8. The zero-order valence-corrected chi connectivity index (χ0v) is 18.0. The summed E-state index contributed by atoms with van der Waals surface area (Å²) in [7, 11) is -1.41. The van der Waals surface area contributed by atoms with Gasteiger partial charge in [0.2, 0.25) is 5.96 Å². The Bertz CT molecular complexity index is 1280. The van der Waals surface area contributed by atoms with Gasteiger partial charge in [-0.25, -0.2) is 13.2 Å². The predicted octanol–water partition coefficient (Wildman–Crippen LogP) is 2.71. The van der Waals surface area contributed by atoms with E-state index in [1.54, 1.807) is 6.07 Å². The Morgan fingerprint density at radius 2 is 1.90 bits per heavy atom. The summed E-state index contributed by atoms with van der Waals surface area (Å²) in [6.07, 6.45) is 3.01. The van der Waals surface area contributed by atoms with Crippen LogP contribution in [0.25, 0.3) is 10.8 Å². The van der Waals surface area contributed by atoms with E-state index in [0.29, 0.717) is 16.5 Å². The molecule has 0 unspecified atom stereocenters. The predicted molar refractivity (Wildman–Crippen MR) is 118 cm³/mol. The number of halogens is 1. The first-order chi connectivity index (χ1) is 14.8. The number of nitrogens with zero attached hydrogens (tertiary/aromatic N) is 2. The van der Waals surface area contributed by atoms with Crippen LogP contribution in [0.5, 0.6) is 5.75 Å². The molecule has 1 heterocycles. The van der Waals surface area contributed by atoms with Crippen LogP contribution < -0.4 is 20.5 Å². The minimum Gasteiger partial charge on any atom is -0.495 e. The minimum absolute atomic E-state index is 0.0246. The van der Waals surface area contributed by atoms with Gasteiger partial charge < -0.3 is 20.5 Å². The van der Waals surface area contributed by atoms with Gasteiger partial charge in [0.25, 0.3) is 10.0 Å². The Hall–Kier alpha value is -3.57. The van der Waals surface area contributed by atoms with Crippen molar-refractivity contribution in [1.29, 1.82) is 0 Å². The van der Waals surface area contributed by atoms with E-state index in [-0.39, 0.29) is 27.9 Å². The van der Waals surface area contributed by atoms with Crippen LogP contribution >= 0.6 is 11.8 Å². The van der Waals surface area contributed by atoms with Crippen molar-refractivity contribution in [3.63, 3.8) is 0 Å². The molecule has 31 heavy (non-hydrogen) atoms. The smallest absolute Gasteiger partial charge is 0.337 e. The number of fused-ring (bicyclic) bond motifs is 1. The fourth-order valence-corrected chi connectivity index (χ4v) is 3.96. The van der Waals surface area contributed by atoms with Gasteiger partial charge in [-0.1, -0.05) is 6.07 Å². The third kappa shape index (κ3) is 4.78. The molecular formula is C19H18ClN5O5S. The fraction of sp³-hybridized carbons (Fsp3) is 0.105. The molecule has 0 aliphatic carbocycles. The number of hydrogen-bond acceptors (Lipinski definition) is 7. The maximum absolute atomic E-state index is 13.0. The first kappa shape index (κ1) is 22.1. The first-order valence-corrected chi connectivity index (χ1v) is 10.5. The maximum Gasteiger partial charge on any atom is 0.337 e. The molecule has 0 bridgehead atoms. The van der Waals surface area contributed by atoms with E-state index in [1.165, 1.54) is 56.9 Å². The molecular weight excluding hydrogens is 446 g/mol. The Morgan fingerprint density at radius 3 is 2.58 bits per heavy atom. The Labute approximate surface area is 183 Å². The van der Waals surface area contributed by atoms with Gasteiger partial charge in [-0.2, -0.15) is 0 Å². The number of pyridine rings is 1. The summed E-state index contributed by atoms with van der Waals surface area (Å²) in [6.45, 7) is 0. The Balaban J connectivity index is 2.00. The van der Waals surface area contributed by atoms with Crippen LogP contribution in [0.4, 0.5) is 11.4 Å². The van der Waals surface area contributed by atoms with Gasteiger partial charge in [0.15, 0.2) is 0 Å². The molecule has 0 aliphatic rings. The molecule has 0 radical (unpaired) electrons. The molecule has 4 N–H and O–H groups in total. The molecule has 0 saturated carbocycles. The van der Waals surface area contributed by atoms with Crippen LogP contribution in [0.3, 0.4) is 0 Å². The topological polar surface area (TPSA) is 145 Å². The number of esters is 1. The highest BCUT2D eigenvalue weighted by molar-refractivity contribution is 7.92. The molecule has 0 amide bonds. The molecule has 0 atom stereocenters. The average Bonchev–Trinajstić information content (AvgIpc) is 2.77. The third-order valence-corrected chi connectivity index (χ3v) is 5.80. The number of nitrogens with one attached hydrogen (secondary N) is 2. The quantitative estimate of drug-likeness (QED) is 0.287. The number of benzene rings is 2. The molecule has 12 heteroatoms. The summed E-state index contributed by atoms with van der Waals surface area (Å²) < 4.78 is 41.6. The van der Waals surface area contributed by atoms with Gasteiger partial charge in [-0.3, -0.25) is 9.71 Å². The van der Waals surface area contributed by atoms with Gasteiger partial charge in [0.05, 0.1) is 42.3 Å². The van der Waals surface area contributed by atoms with Crippen molar-refractivity contribution >= 4 is 55.9 Å². The standard InChI is InChI=1S/C19H18ClN5O5S/c1-29-17-6-3-11(18(26)30-2)8-15(17)25-31(27,28)13-4-5-14-12(7-13)9-22-10-16(14)23-19(21)24-20/h3-10,25H,1-2H3,(H3,21,23,24). The highest BCUT2D eigenvalue weighted by atomic mass is 35.5. The van der Waals surface area contributed by atoms with Crippen LogP contribution in [0, 0.1) is 0 Å². The van der Waals surface area contributed by atoms with Gasteiger partial charge in [0, 0.05) is 28.7 Å². The molecule has 0 spiro atoms. The van der Waals surface area contributed by atoms with Gasteiger partial charge in [-0.05, 0) is 30.3 Å². The largest absolute Gasteiger partial charge is 0.495 e. The van der Waals surface area contributed by atoms with Crippen LogP contribution in [0.2, 0.25) is 0 Å². The van der Waals surface area contributed by atoms with Crippen molar-refractivity contribution in [2.45, 2.75) is 4.90 Å². The normalized spacial score (nSPS) is 11.8. The Morgan fingerprint density at radius 1 is 1.13 bits per heavy atom. The number of sulfonamides is 1. The summed E-state index contributed by atoms with van der Waals surface area (Å²) in [5.41, 5.74) is 6.34. The average molecular weight is 464 g/mol. The minimum atomic E-state index is -4.03. The number of hydrogen-bond donors (Lipinski definition) is 3. The second-order valence-electron chi connectivity index (χ2n) is 6.18. The monoisotopic (exact) mass is 463 g/mol. The van der Waals surface area contributed by atoms with E-state index < -0.39 is 16.0 Å². The van der Waals surface area contributed by atoms with Gasteiger partial charge >= 0.3 is 5.97 Å². The second-order valence-corrected chi connectivity index (χ2v) is 8.03. The number of carbonyl (C=O) groups is 1. The Kier molecular flexibility index (Phi) is 6.47. The molecule has 0 saturated heterocycles. The van der Waals surface area contributed by atoms with Crippen molar-refractivity contribution in [2.24, 2.45) is 10.2 Å². The van der Waals surface area contributed by atoms with Gasteiger partial charge in [0.1, 0.15) is 5.75 Å². The summed E-state index contributed by atoms with van der Waals surface area (Å²) in [5.74, 6) is -0.410. The van der Waals surface area contributed by atoms with Crippen molar-refractivity contribution in [1.82, 2.24) is 4.98 Å². The number of carbonyl (C=O) groups excluding carboxylic acids is 1. The van der Waals surface area contributed by atoms with E-state index in [4.69, 9.17) is 22.2 Å². The van der Waals surface area contributed by atoms with Crippen molar-refractivity contribution in [3.05, 3.63) is 54.4 Å². The SMILES string of the molecule is COC(=O)c1ccc(OC)c(NS(=O)(=O)c2ccc3c(NC(N)=NCl)cncc3c2)c1. The molecule has 3 rings (SSSR count). The number of aromatic nitrogens is 1. The lowest BCUT2D eigenvalue weighted by Gasteiger charge is -2.14. The van der Waals surface area contributed by atoms with E-state index in [2.05, 4.69) is 24.3 Å². The van der Waals surface area contributed by atoms with Crippen LogP contribution in [-0.4, -0.2) is 39.6 Å². The zero-order valence-electron chi connectivity index (χ0n) is 16.4. The number of guanidine groups is 1. The van der Waals surface area contributed by atoms with Crippen molar-refractivity contribution in [3.8, 4) is 5.75 Å². The lowest BCUT2D eigenvalue weighted by molar-refractivity contribution is 0.0600. The molecule has 1 aromatic heterocycles. The second kappa shape index (κ2) is 9.06. The van der Waals surface area contributed by atoms with E-state index in [1.807, 2.05) is 0 Å². The van der Waals surface area contributed by atoms with Crippen LogP contribution in [0.15, 0.2) is 58.2 Å². The molecule has 3 aromatic rings. The van der Waals surface area contributed by atoms with Gasteiger partial charge in [-0.15, -0.1) is 4.51 Å². The highest BCUT2D eigenvalue weighted by Gasteiger charge is 2.19. The summed E-state index contributed by atoms with van der Waals surface area (Å²) in [5, 5.41) is 3.97. The highest BCUT2D eigenvalue weighted by Crippen LogP contribution is 2.30. The lowest BCUT2D eigenvalue weighted by atomic mass is 10.1. The summed E-state index contributed by atoms with van der Waals surface area (Å²) >= 11 is 5.33. The van der Waals surface area contributed by atoms with Crippen LogP contribution in [-0.2, 0) is 14.8 Å². The molecule has 0 fully saturated rings. The molecule has 0 aliphatic heterocycles. The lowest BCUT2D eigenvalue weighted by Crippen LogP contribution is -2.21. The van der Waals surface area contributed by atoms with Crippen molar-refractivity contribution in [2.75, 3.05) is 24.3 Å². The molecule has 10 nitrogen and oxygen atoms in total. The zero-order chi connectivity index (χ0) is 22.6. The van der Waals surface area contributed by atoms with E-state index in [0.717, 1.165) is 0 Å². The number of rotatable bonds is 6. The first-order valence-electron chi connectivity index (χ1n) is 8.67. The maximum atomic E-state index is 13.0. The summed E-state index contributed by atoms with van der Waals surface area (Å²) in [6, 6.07) is 8.73. The van der Waals surface area contributed by atoms with Crippen molar-refractivity contribution < 1.29 is 22.7 Å². The van der Waals surface area contributed by atoms with E-state index in [9.17, 15) is 13.2 Å². The number of methoxy groups -OCH3 is 2. The fourth-order valence-electron chi connectivity index (χ4n) is 2.82. The molecule has 2 aromatic carbocycles. The third-order valence-electron chi connectivity index (χ3n) is 4.26. The number of nitrogens with two attached hydrogens (primary N) is 1. The number of anilines is 2. The molecule has 162 valence electrons. The van der Waals surface area contributed by atoms with Crippen LogP contribution in [0.1, 0.15) is 10.4 Å². The van der Waals surface area contributed by atoms with E-state index >= 15 is 0 Å². The number of ether oxygens (including phenoxy) is 2.